The molecule has 7 heteroatoms. The molecular formula is C21H28N2O5. The van der Waals surface area contributed by atoms with Crippen molar-refractivity contribution < 1.29 is 24.2 Å². The maximum Gasteiger partial charge on any atom is 0.290 e. The molecular weight excluding hydrogens is 360 g/mol. The highest BCUT2D eigenvalue weighted by molar-refractivity contribution is 6.08. The van der Waals surface area contributed by atoms with Crippen LogP contribution in [0.4, 0.5) is 0 Å². The first kappa shape index (κ1) is 20.4. The first-order chi connectivity index (χ1) is 13.5. The van der Waals surface area contributed by atoms with E-state index in [2.05, 4.69) is 4.90 Å². The minimum atomic E-state index is -0.564. The minimum Gasteiger partial charge on any atom is -0.503 e. The van der Waals surface area contributed by atoms with Gasteiger partial charge >= 0.3 is 0 Å². The second-order valence-electron chi connectivity index (χ2n) is 7.03. The lowest BCUT2D eigenvalue weighted by Gasteiger charge is -2.30. The van der Waals surface area contributed by atoms with Crippen molar-refractivity contribution in [2.24, 2.45) is 0 Å². The molecule has 1 N–H and O–H groups in total. The molecule has 7 nitrogen and oxygen atoms in total. The topological polar surface area (TPSA) is 79.3 Å². The number of nitrogens with zero attached hydrogens (tertiary/aromatic N) is 2. The van der Waals surface area contributed by atoms with Crippen molar-refractivity contribution in [3.8, 4) is 5.75 Å². The third kappa shape index (κ3) is 4.36. The molecule has 2 heterocycles. The van der Waals surface area contributed by atoms with Crippen molar-refractivity contribution in [2.75, 3.05) is 46.0 Å². The Morgan fingerprint density at radius 1 is 1.21 bits per heavy atom. The van der Waals surface area contributed by atoms with Crippen molar-refractivity contribution in [1.82, 2.24) is 9.80 Å². The summed E-state index contributed by atoms with van der Waals surface area (Å²) in [7, 11) is 0. The van der Waals surface area contributed by atoms with Gasteiger partial charge in [0.05, 0.1) is 31.4 Å². The summed E-state index contributed by atoms with van der Waals surface area (Å²) >= 11 is 0. The Balaban J connectivity index is 1.76. The van der Waals surface area contributed by atoms with E-state index in [0.717, 1.165) is 50.6 Å². The summed E-state index contributed by atoms with van der Waals surface area (Å²) in [5.74, 6) is -0.476. The van der Waals surface area contributed by atoms with E-state index < -0.39 is 17.7 Å². The van der Waals surface area contributed by atoms with Gasteiger partial charge in [0.2, 0.25) is 0 Å². The van der Waals surface area contributed by atoms with Gasteiger partial charge in [0.25, 0.3) is 5.91 Å². The van der Waals surface area contributed by atoms with Crippen LogP contribution in [0.2, 0.25) is 0 Å². The molecule has 1 aromatic rings. The number of benzene rings is 1. The molecule has 1 fully saturated rings. The number of ketones is 1. The van der Waals surface area contributed by atoms with Gasteiger partial charge in [-0.1, -0.05) is 12.1 Å². The van der Waals surface area contributed by atoms with Crippen LogP contribution in [0.3, 0.4) is 0 Å². The Hall–Kier alpha value is -2.38. The third-order valence-electron chi connectivity index (χ3n) is 5.17. The van der Waals surface area contributed by atoms with Gasteiger partial charge in [0, 0.05) is 26.2 Å². The molecule has 1 amide bonds. The van der Waals surface area contributed by atoms with Crippen molar-refractivity contribution in [3.63, 3.8) is 0 Å². The number of Topliss-reactive ketones (excluding diaryl/α,β-unsaturated/α-hetero) is 1. The van der Waals surface area contributed by atoms with E-state index in [0.29, 0.717) is 13.2 Å². The number of rotatable bonds is 8. The zero-order valence-electron chi connectivity index (χ0n) is 16.5. The molecule has 28 heavy (non-hydrogen) atoms. The number of aliphatic hydroxyl groups is 1. The van der Waals surface area contributed by atoms with E-state index in [9.17, 15) is 14.7 Å². The first-order valence-electron chi connectivity index (χ1n) is 9.80. The maximum atomic E-state index is 12.7. The Bertz CT molecular complexity index is 738. The summed E-state index contributed by atoms with van der Waals surface area (Å²) in [5.41, 5.74) is 0.956. The molecule has 1 aromatic carbocycles. The second kappa shape index (κ2) is 9.21. The van der Waals surface area contributed by atoms with Crippen molar-refractivity contribution in [3.05, 3.63) is 41.2 Å². The van der Waals surface area contributed by atoms with Crippen LogP contribution in [-0.4, -0.2) is 72.6 Å². The number of carbonyl (C=O) groups excluding carboxylic acids is 2. The molecule has 0 aliphatic carbocycles. The number of hydrogen-bond donors (Lipinski definition) is 1. The van der Waals surface area contributed by atoms with Crippen LogP contribution in [0.15, 0.2) is 35.6 Å². The van der Waals surface area contributed by atoms with Gasteiger partial charge in [0.1, 0.15) is 5.75 Å². The van der Waals surface area contributed by atoms with E-state index >= 15 is 0 Å². The summed E-state index contributed by atoms with van der Waals surface area (Å²) in [4.78, 5) is 28.7. The monoisotopic (exact) mass is 388 g/mol. The Kier molecular flexibility index (Phi) is 6.70. The van der Waals surface area contributed by atoms with E-state index in [1.165, 1.54) is 6.92 Å². The smallest absolute Gasteiger partial charge is 0.290 e. The summed E-state index contributed by atoms with van der Waals surface area (Å²) in [6.45, 7) is 8.41. The highest BCUT2D eigenvalue weighted by Gasteiger charge is 2.42. The molecule has 1 saturated heterocycles. The van der Waals surface area contributed by atoms with Crippen molar-refractivity contribution in [1.29, 1.82) is 0 Å². The molecule has 152 valence electrons. The fourth-order valence-electron chi connectivity index (χ4n) is 3.79. The highest BCUT2D eigenvalue weighted by atomic mass is 16.5. The fourth-order valence-corrected chi connectivity index (χ4v) is 3.79. The number of hydrogen-bond acceptors (Lipinski definition) is 6. The quantitative estimate of drug-likeness (QED) is 0.735. The SMILES string of the molecule is CCOc1ccc(C2C(C(C)=O)=C(O)C(=O)N2CCCN2CCOCC2)cc1. The number of aliphatic hydroxyl groups excluding tert-OH is 1. The van der Waals surface area contributed by atoms with Gasteiger partial charge in [-0.05, 0) is 38.0 Å². The van der Waals surface area contributed by atoms with E-state index in [4.69, 9.17) is 9.47 Å². The minimum absolute atomic E-state index is 0.167. The van der Waals surface area contributed by atoms with Gasteiger partial charge in [-0.15, -0.1) is 0 Å². The zero-order valence-corrected chi connectivity index (χ0v) is 16.5. The molecule has 0 bridgehead atoms. The fraction of sp³-hybridized carbons (Fsp3) is 0.524. The van der Waals surface area contributed by atoms with Crippen LogP contribution in [0.25, 0.3) is 0 Å². The van der Waals surface area contributed by atoms with Gasteiger partial charge in [0.15, 0.2) is 11.5 Å². The average molecular weight is 388 g/mol. The van der Waals surface area contributed by atoms with Gasteiger partial charge in [-0.25, -0.2) is 0 Å². The molecule has 3 rings (SSSR count). The molecule has 0 radical (unpaired) electrons. The lowest BCUT2D eigenvalue weighted by Crippen LogP contribution is -2.39. The van der Waals surface area contributed by atoms with Gasteiger partial charge in [-0.3, -0.25) is 14.5 Å². The molecule has 1 unspecified atom stereocenters. The normalized spacial score (nSPS) is 20.7. The number of ether oxygens (including phenoxy) is 2. The lowest BCUT2D eigenvalue weighted by atomic mass is 9.96. The standard InChI is InChI=1S/C21H28N2O5/c1-3-28-17-7-5-16(6-8-17)19-18(15(2)24)20(25)21(26)23(19)10-4-9-22-11-13-27-14-12-22/h5-8,19,25H,3-4,9-14H2,1-2H3. The van der Waals surface area contributed by atoms with Crippen LogP contribution in [0, 0.1) is 0 Å². The summed E-state index contributed by atoms with van der Waals surface area (Å²) in [6.07, 6.45) is 0.762. The predicted molar refractivity (Wildman–Crippen MR) is 104 cm³/mol. The van der Waals surface area contributed by atoms with Crippen molar-refractivity contribution in [2.45, 2.75) is 26.3 Å². The van der Waals surface area contributed by atoms with E-state index in [1.807, 2.05) is 31.2 Å². The zero-order chi connectivity index (χ0) is 20.1. The van der Waals surface area contributed by atoms with Crippen LogP contribution in [0.1, 0.15) is 31.9 Å². The van der Waals surface area contributed by atoms with Gasteiger partial charge in [-0.2, -0.15) is 0 Å². The number of carbonyl (C=O) groups is 2. The summed E-state index contributed by atoms with van der Waals surface area (Å²) in [6, 6.07) is 6.77. The Labute approximate surface area is 165 Å². The molecule has 2 aliphatic heterocycles. The molecule has 0 spiro atoms. The van der Waals surface area contributed by atoms with Gasteiger partial charge < -0.3 is 19.5 Å². The Morgan fingerprint density at radius 3 is 2.50 bits per heavy atom. The largest absolute Gasteiger partial charge is 0.503 e. The van der Waals surface area contributed by atoms with Crippen molar-refractivity contribution >= 4 is 11.7 Å². The van der Waals surface area contributed by atoms with E-state index in [1.54, 1.807) is 4.90 Å². The maximum absolute atomic E-state index is 12.7. The summed E-state index contributed by atoms with van der Waals surface area (Å²) < 4.78 is 10.8. The number of amides is 1. The van der Waals surface area contributed by atoms with Crippen LogP contribution < -0.4 is 4.74 Å². The molecule has 0 saturated carbocycles. The third-order valence-corrected chi connectivity index (χ3v) is 5.17. The first-order valence-corrected chi connectivity index (χ1v) is 9.80. The Morgan fingerprint density at radius 2 is 1.89 bits per heavy atom. The second-order valence-corrected chi connectivity index (χ2v) is 7.03. The summed E-state index contributed by atoms with van der Waals surface area (Å²) in [5, 5.41) is 10.3. The van der Waals surface area contributed by atoms with Crippen LogP contribution in [-0.2, 0) is 14.3 Å². The van der Waals surface area contributed by atoms with Crippen LogP contribution >= 0.6 is 0 Å². The predicted octanol–water partition coefficient (Wildman–Crippen LogP) is 2.09. The van der Waals surface area contributed by atoms with E-state index in [-0.39, 0.29) is 11.4 Å². The molecule has 2 aliphatic rings. The number of morpholine rings is 1. The van der Waals surface area contributed by atoms with Crippen LogP contribution in [0.5, 0.6) is 5.75 Å². The highest BCUT2D eigenvalue weighted by Crippen LogP contribution is 2.38. The molecule has 0 aromatic heterocycles. The average Bonchev–Trinajstić information content (AvgIpc) is 2.95. The lowest BCUT2D eigenvalue weighted by molar-refractivity contribution is -0.129. The molecule has 1 atom stereocenters.